The van der Waals surface area contributed by atoms with Crippen LogP contribution in [-0.2, 0) is 17.5 Å². The Morgan fingerprint density at radius 3 is 2.65 bits per heavy atom. The summed E-state index contributed by atoms with van der Waals surface area (Å²) >= 11 is 0.912. The molecule has 0 spiro atoms. The second-order valence-corrected chi connectivity index (χ2v) is 7.07. The molecule has 0 aliphatic carbocycles. The van der Waals surface area contributed by atoms with Crippen molar-refractivity contribution in [3.8, 4) is 0 Å². The van der Waals surface area contributed by atoms with E-state index in [-0.39, 0.29) is 30.1 Å². The monoisotopic (exact) mass is 393 g/mol. The maximum atomic E-state index is 12.6. The summed E-state index contributed by atoms with van der Waals surface area (Å²) in [7, 11) is 3.24. The number of aliphatic hydroxyl groups is 1. The molecule has 0 bridgehead atoms. The van der Waals surface area contributed by atoms with E-state index in [4.69, 9.17) is 0 Å². The third kappa shape index (κ3) is 5.84. The quantitative estimate of drug-likeness (QED) is 0.593. The molecule has 2 N–H and O–H groups in total. The van der Waals surface area contributed by atoms with Crippen LogP contribution in [0.25, 0.3) is 0 Å². The summed E-state index contributed by atoms with van der Waals surface area (Å²) in [6.45, 7) is 1.11. The van der Waals surface area contributed by atoms with E-state index >= 15 is 0 Å². The fourth-order valence-corrected chi connectivity index (χ4v) is 3.05. The lowest BCUT2D eigenvalue weighted by Crippen LogP contribution is -2.46. The van der Waals surface area contributed by atoms with Crippen LogP contribution in [0.5, 0.6) is 0 Å². The van der Waals surface area contributed by atoms with Crippen LogP contribution in [0, 0.1) is 0 Å². The highest BCUT2D eigenvalue weighted by atomic mass is 32.1. The molecule has 0 aromatic carbocycles. The summed E-state index contributed by atoms with van der Waals surface area (Å²) in [5.74, 6) is 0.241. The highest BCUT2D eigenvalue weighted by Crippen LogP contribution is 2.29. The Balaban J connectivity index is 2.04. The molecule has 146 valence electrons. The number of alkyl halides is 3. The van der Waals surface area contributed by atoms with Gasteiger partial charge in [-0.3, -0.25) is 4.79 Å². The van der Waals surface area contributed by atoms with E-state index in [1.807, 2.05) is 4.90 Å². The SMILES string of the molecule is CN(C)C(=O)CN=C(NCc1nc(C(F)(F)F)cs1)N1CCC(O)CC1. The average Bonchev–Trinajstić information content (AvgIpc) is 3.05. The molecule has 1 aliphatic rings. The maximum absolute atomic E-state index is 12.6. The topological polar surface area (TPSA) is 81.1 Å². The molecule has 1 aliphatic heterocycles. The lowest BCUT2D eigenvalue weighted by atomic mass is 10.1. The molecular weight excluding hydrogens is 371 g/mol. The number of carbonyl (C=O) groups excluding carboxylic acids is 1. The van der Waals surface area contributed by atoms with Gasteiger partial charge >= 0.3 is 6.18 Å². The average molecular weight is 393 g/mol. The number of aliphatic imine (C=N–C) groups is 1. The number of amides is 1. The van der Waals surface area contributed by atoms with Gasteiger partial charge in [-0.1, -0.05) is 0 Å². The van der Waals surface area contributed by atoms with Crippen LogP contribution >= 0.6 is 11.3 Å². The number of thiazole rings is 1. The van der Waals surface area contributed by atoms with Crippen LogP contribution in [0.4, 0.5) is 13.2 Å². The van der Waals surface area contributed by atoms with Gasteiger partial charge in [0.2, 0.25) is 5.91 Å². The number of piperidine rings is 1. The van der Waals surface area contributed by atoms with E-state index in [0.29, 0.717) is 31.9 Å². The molecule has 2 heterocycles. The van der Waals surface area contributed by atoms with Crippen LogP contribution in [0.15, 0.2) is 10.4 Å². The molecule has 0 unspecified atom stereocenters. The first-order chi connectivity index (χ1) is 12.2. The number of hydrogen-bond donors (Lipinski definition) is 2. The zero-order valence-electron chi connectivity index (χ0n) is 14.6. The third-order valence-corrected chi connectivity index (χ3v) is 4.72. The van der Waals surface area contributed by atoms with Crippen molar-refractivity contribution in [3.05, 3.63) is 16.1 Å². The molecule has 26 heavy (non-hydrogen) atoms. The van der Waals surface area contributed by atoms with Crippen LogP contribution < -0.4 is 5.32 Å². The summed E-state index contributed by atoms with van der Waals surface area (Å²) in [6.07, 6.45) is -3.70. The van der Waals surface area contributed by atoms with Gasteiger partial charge in [-0.05, 0) is 12.8 Å². The number of nitrogens with one attached hydrogen (secondary N) is 1. The zero-order chi connectivity index (χ0) is 19.3. The first-order valence-electron chi connectivity index (χ1n) is 8.10. The summed E-state index contributed by atoms with van der Waals surface area (Å²) < 4.78 is 37.9. The van der Waals surface area contributed by atoms with E-state index < -0.39 is 11.9 Å². The van der Waals surface area contributed by atoms with Gasteiger partial charge in [0.05, 0.1) is 12.6 Å². The first-order valence-corrected chi connectivity index (χ1v) is 8.98. The van der Waals surface area contributed by atoms with Crippen molar-refractivity contribution in [1.82, 2.24) is 20.1 Å². The minimum Gasteiger partial charge on any atom is -0.393 e. The Bertz CT molecular complexity index is 639. The van der Waals surface area contributed by atoms with Crippen LogP contribution in [0.3, 0.4) is 0 Å². The second kappa shape index (κ2) is 8.67. The van der Waals surface area contributed by atoms with Gasteiger partial charge in [0.25, 0.3) is 0 Å². The fraction of sp³-hybridized carbons (Fsp3) is 0.667. The third-order valence-electron chi connectivity index (χ3n) is 3.87. The van der Waals surface area contributed by atoms with Crippen molar-refractivity contribution in [2.24, 2.45) is 4.99 Å². The minimum absolute atomic E-state index is 0.0694. The first kappa shape index (κ1) is 20.4. The van der Waals surface area contributed by atoms with Crippen molar-refractivity contribution in [3.63, 3.8) is 0 Å². The van der Waals surface area contributed by atoms with Crippen LogP contribution in [0.1, 0.15) is 23.5 Å². The van der Waals surface area contributed by atoms with Crippen molar-refractivity contribution in [1.29, 1.82) is 0 Å². The van der Waals surface area contributed by atoms with Gasteiger partial charge in [-0.2, -0.15) is 13.2 Å². The smallest absolute Gasteiger partial charge is 0.393 e. The molecule has 11 heteroatoms. The van der Waals surface area contributed by atoms with E-state index in [0.717, 1.165) is 16.7 Å². The predicted octanol–water partition coefficient (Wildman–Crippen LogP) is 1.15. The Morgan fingerprint density at radius 2 is 2.12 bits per heavy atom. The Hall–Kier alpha value is -1.88. The van der Waals surface area contributed by atoms with Gasteiger partial charge in [0.15, 0.2) is 11.7 Å². The van der Waals surface area contributed by atoms with E-state index in [1.165, 1.54) is 4.90 Å². The molecule has 2 rings (SSSR count). The molecule has 0 saturated carbocycles. The number of rotatable bonds is 4. The minimum atomic E-state index is -4.47. The maximum Gasteiger partial charge on any atom is 0.434 e. The summed E-state index contributed by atoms with van der Waals surface area (Å²) in [6, 6.07) is 0. The summed E-state index contributed by atoms with van der Waals surface area (Å²) in [5, 5.41) is 13.9. The number of carbonyl (C=O) groups is 1. The van der Waals surface area contributed by atoms with E-state index in [1.54, 1.807) is 14.1 Å². The normalized spacial score (nSPS) is 16.7. The molecule has 0 radical (unpaired) electrons. The number of hydrogen-bond acceptors (Lipinski definition) is 5. The van der Waals surface area contributed by atoms with Gasteiger partial charge in [0.1, 0.15) is 11.6 Å². The molecule has 1 fully saturated rings. The number of aromatic nitrogens is 1. The number of aliphatic hydroxyl groups excluding tert-OH is 1. The number of likely N-dealkylation sites (tertiary alicyclic amines) is 1. The number of halogens is 3. The number of guanidine groups is 1. The lowest BCUT2D eigenvalue weighted by Gasteiger charge is -2.32. The van der Waals surface area contributed by atoms with Crippen molar-refractivity contribution >= 4 is 23.2 Å². The van der Waals surface area contributed by atoms with Crippen molar-refractivity contribution in [2.75, 3.05) is 33.7 Å². The standard InChI is InChI=1S/C15H22F3N5O2S/c1-22(2)13(25)8-20-14(23-5-3-10(24)4-6-23)19-7-12-21-11(9-26-12)15(16,17)18/h9-10,24H,3-8H2,1-2H3,(H,19,20). The van der Waals surface area contributed by atoms with Gasteiger partial charge in [-0.25, -0.2) is 9.98 Å². The highest BCUT2D eigenvalue weighted by Gasteiger charge is 2.33. The van der Waals surface area contributed by atoms with Crippen LogP contribution in [-0.4, -0.2) is 71.6 Å². The Morgan fingerprint density at radius 1 is 1.46 bits per heavy atom. The van der Waals surface area contributed by atoms with Gasteiger partial charge in [-0.15, -0.1) is 11.3 Å². The van der Waals surface area contributed by atoms with E-state index in [9.17, 15) is 23.1 Å². The Labute approximate surface area is 153 Å². The second-order valence-electron chi connectivity index (χ2n) is 6.12. The van der Waals surface area contributed by atoms with Gasteiger partial charge in [0, 0.05) is 32.6 Å². The molecule has 0 atom stereocenters. The summed E-state index contributed by atoms with van der Waals surface area (Å²) in [5.41, 5.74) is -0.915. The number of likely N-dealkylation sites (N-methyl/N-ethyl adjacent to an activating group) is 1. The largest absolute Gasteiger partial charge is 0.434 e. The number of nitrogens with zero attached hydrogens (tertiary/aromatic N) is 4. The van der Waals surface area contributed by atoms with Crippen LogP contribution in [0.2, 0.25) is 0 Å². The molecule has 1 aromatic heterocycles. The Kier molecular flexibility index (Phi) is 6.81. The van der Waals surface area contributed by atoms with E-state index in [2.05, 4.69) is 15.3 Å². The molecular formula is C15H22F3N5O2S. The molecule has 7 nitrogen and oxygen atoms in total. The lowest BCUT2D eigenvalue weighted by molar-refractivity contribution is -0.140. The highest BCUT2D eigenvalue weighted by molar-refractivity contribution is 7.09. The molecule has 1 aromatic rings. The van der Waals surface area contributed by atoms with Crippen molar-refractivity contribution in [2.45, 2.75) is 31.7 Å². The summed E-state index contributed by atoms with van der Waals surface area (Å²) in [4.78, 5) is 22.9. The molecule has 1 saturated heterocycles. The fourth-order valence-electron chi connectivity index (χ4n) is 2.31. The van der Waals surface area contributed by atoms with Crippen molar-refractivity contribution < 1.29 is 23.1 Å². The van der Waals surface area contributed by atoms with Gasteiger partial charge < -0.3 is 20.2 Å². The predicted molar refractivity (Wildman–Crippen MR) is 91.8 cm³/mol. The molecule has 1 amide bonds. The zero-order valence-corrected chi connectivity index (χ0v) is 15.4.